The quantitative estimate of drug-likeness (QED) is 0.689. The molecule has 2 nitrogen and oxygen atoms in total. The van der Waals surface area contributed by atoms with Crippen molar-refractivity contribution >= 4 is 10.9 Å². The Morgan fingerprint density at radius 3 is 2.71 bits per heavy atom. The van der Waals surface area contributed by atoms with Gasteiger partial charge in [-0.3, -0.25) is 0 Å². The fraction of sp³-hybridized carbons (Fsp3) is 0.579. The molecule has 0 aliphatic rings. The summed E-state index contributed by atoms with van der Waals surface area (Å²) < 4.78 is 2.45. The summed E-state index contributed by atoms with van der Waals surface area (Å²) in [4.78, 5) is 0. The first-order chi connectivity index (χ1) is 10.3. The average molecular weight is 286 g/mol. The lowest BCUT2D eigenvalue weighted by molar-refractivity contribution is 0.396. The molecule has 1 aromatic heterocycles. The monoisotopic (exact) mass is 286 g/mol. The van der Waals surface area contributed by atoms with Crippen molar-refractivity contribution < 1.29 is 0 Å². The summed E-state index contributed by atoms with van der Waals surface area (Å²) in [6, 6.07) is 9.10. The molecule has 2 aromatic rings. The minimum absolute atomic E-state index is 0.804. The summed E-state index contributed by atoms with van der Waals surface area (Å²) in [5.41, 5.74) is 2.77. The zero-order chi connectivity index (χ0) is 15.1. The Kier molecular flexibility index (Phi) is 6.31. The lowest BCUT2D eigenvalue weighted by Crippen LogP contribution is -2.12. The number of nitrogens with one attached hydrogen (secondary N) is 1. The first kappa shape index (κ1) is 16.1. The summed E-state index contributed by atoms with van der Waals surface area (Å²) in [5, 5.41) is 4.77. The Morgan fingerprint density at radius 2 is 2.00 bits per heavy atom. The van der Waals surface area contributed by atoms with Crippen molar-refractivity contribution in [3.05, 3.63) is 36.0 Å². The molecule has 1 heterocycles. The van der Waals surface area contributed by atoms with Gasteiger partial charge in [-0.05, 0) is 42.0 Å². The number of fused-ring (bicyclic) bond motifs is 1. The van der Waals surface area contributed by atoms with E-state index in [9.17, 15) is 0 Å². The van der Waals surface area contributed by atoms with E-state index in [1.807, 2.05) is 0 Å². The van der Waals surface area contributed by atoms with Crippen molar-refractivity contribution in [1.29, 1.82) is 0 Å². The van der Waals surface area contributed by atoms with Gasteiger partial charge in [0.05, 0.1) is 0 Å². The van der Waals surface area contributed by atoms with Crippen LogP contribution in [0, 0.1) is 5.92 Å². The zero-order valence-corrected chi connectivity index (χ0v) is 13.9. The van der Waals surface area contributed by atoms with Crippen molar-refractivity contribution in [3.63, 3.8) is 0 Å². The second kappa shape index (κ2) is 8.23. The number of hydrogen-bond acceptors (Lipinski definition) is 1. The van der Waals surface area contributed by atoms with Crippen LogP contribution in [0.5, 0.6) is 0 Å². The van der Waals surface area contributed by atoms with E-state index in [4.69, 9.17) is 0 Å². The fourth-order valence-electron chi connectivity index (χ4n) is 2.96. The first-order valence-corrected chi connectivity index (χ1v) is 8.56. The third-order valence-electron chi connectivity index (χ3n) is 4.42. The van der Waals surface area contributed by atoms with Crippen LogP contribution in [-0.4, -0.2) is 11.1 Å². The maximum Gasteiger partial charge on any atom is 0.0483 e. The molecule has 2 rings (SSSR count). The molecule has 116 valence electrons. The molecule has 1 N–H and O–H groups in total. The van der Waals surface area contributed by atoms with Gasteiger partial charge in [0.15, 0.2) is 0 Å². The lowest BCUT2D eigenvalue weighted by Gasteiger charge is -2.16. The largest absolute Gasteiger partial charge is 0.347 e. The molecule has 2 heteroatoms. The molecular formula is C19H30N2. The van der Waals surface area contributed by atoms with Gasteiger partial charge >= 0.3 is 0 Å². The maximum absolute atomic E-state index is 3.41. The molecule has 0 amide bonds. The van der Waals surface area contributed by atoms with E-state index in [0.29, 0.717) is 0 Å². The van der Waals surface area contributed by atoms with Crippen molar-refractivity contribution in [3.8, 4) is 0 Å². The highest BCUT2D eigenvalue weighted by Gasteiger charge is 2.09. The third kappa shape index (κ3) is 4.34. The van der Waals surface area contributed by atoms with Crippen LogP contribution in [0.15, 0.2) is 30.5 Å². The van der Waals surface area contributed by atoms with E-state index in [1.54, 1.807) is 0 Å². The molecule has 0 radical (unpaired) electrons. The van der Waals surface area contributed by atoms with Crippen LogP contribution < -0.4 is 5.32 Å². The lowest BCUT2D eigenvalue weighted by atomic mass is 9.99. The average Bonchev–Trinajstić information content (AvgIpc) is 2.91. The molecule has 1 unspecified atom stereocenters. The third-order valence-corrected chi connectivity index (χ3v) is 4.42. The second-order valence-corrected chi connectivity index (χ2v) is 6.06. The fourth-order valence-corrected chi connectivity index (χ4v) is 2.96. The van der Waals surface area contributed by atoms with E-state index >= 15 is 0 Å². The van der Waals surface area contributed by atoms with Crippen LogP contribution >= 0.6 is 0 Å². The number of rotatable bonds is 9. The summed E-state index contributed by atoms with van der Waals surface area (Å²) in [6.07, 6.45) is 7.54. The molecule has 1 atom stereocenters. The van der Waals surface area contributed by atoms with E-state index < -0.39 is 0 Å². The number of nitrogens with zero attached hydrogens (tertiary/aromatic N) is 1. The minimum Gasteiger partial charge on any atom is -0.347 e. The van der Waals surface area contributed by atoms with Crippen molar-refractivity contribution in [2.45, 2.75) is 59.5 Å². The van der Waals surface area contributed by atoms with Gasteiger partial charge in [0, 0.05) is 24.8 Å². The molecular weight excluding hydrogens is 256 g/mol. The van der Waals surface area contributed by atoms with Crippen LogP contribution in [0.2, 0.25) is 0 Å². The van der Waals surface area contributed by atoms with Crippen LogP contribution in [0.4, 0.5) is 0 Å². The van der Waals surface area contributed by atoms with Crippen LogP contribution in [0.25, 0.3) is 10.9 Å². The highest BCUT2D eigenvalue weighted by atomic mass is 15.0. The van der Waals surface area contributed by atoms with Crippen molar-refractivity contribution in [2.24, 2.45) is 5.92 Å². The minimum atomic E-state index is 0.804. The number of unbranched alkanes of at least 4 members (excludes halogenated alkanes) is 1. The molecule has 0 saturated heterocycles. The molecule has 0 saturated carbocycles. The summed E-state index contributed by atoms with van der Waals surface area (Å²) in [5.74, 6) is 0.804. The molecule has 1 aromatic carbocycles. The van der Waals surface area contributed by atoms with Gasteiger partial charge in [0.25, 0.3) is 0 Å². The van der Waals surface area contributed by atoms with Crippen LogP contribution in [0.1, 0.15) is 52.0 Å². The van der Waals surface area contributed by atoms with E-state index in [1.165, 1.54) is 42.1 Å². The summed E-state index contributed by atoms with van der Waals surface area (Å²) >= 11 is 0. The van der Waals surface area contributed by atoms with E-state index in [0.717, 1.165) is 25.6 Å². The normalized spacial score (nSPS) is 12.9. The maximum atomic E-state index is 3.41. The van der Waals surface area contributed by atoms with E-state index in [2.05, 4.69) is 61.1 Å². The number of hydrogen-bond donors (Lipinski definition) is 1. The highest BCUT2D eigenvalue weighted by Crippen LogP contribution is 2.22. The van der Waals surface area contributed by atoms with Crippen LogP contribution in [0.3, 0.4) is 0 Å². The van der Waals surface area contributed by atoms with Gasteiger partial charge in [0.1, 0.15) is 0 Å². The molecule has 0 spiro atoms. The first-order valence-electron chi connectivity index (χ1n) is 8.56. The Bertz CT molecular complexity index is 541. The summed E-state index contributed by atoms with van der Waals surface area (Å²) in [7, 11) is 0. The molecule has 0 aliphatic carbocycles. The van der Waals surface area contributed by atoms with Gasteiger partial charge in [-0.15, -0.1) is 0 Å². The highest BCUT2D eigenvalue weighted by molar-refractivity contribution is 5.80. The zero-order valence-electron chi connectivity index (χ0n) is 13.9. The smallest absolute Gasteiger partial charge is 0.0483 e. The van der Waals surface area contributed by atoms with Gasteiger partial charge < -0.3 is 9.88 Å². The van der Waals surface area contributed by atoms with Crippen molar-refractivity contribution in [1.82, 2.24) is 9.88 Å². The Labute approximate surface area is 129 Å². The molecule has 0 bridgehead atoms. The topological polar surface area (TPSA) is 17.0 Å². The number of aromatic nitrogens is 1. The standard InChI is InChI=1S/C19H30N2/c1-4-7-8-16(5-2)15-21-12-11-18-10-9-17(13-19(18)21)14-20-6-3/h9-13,16,20H,4-8,14-15H2,1-3H3. The van der Waals surface area contributed by atoms with Crippen molar-refractivity contribution in [2.75, 3.05) is 6.54 Å². The Balaban J connectivity index is 2.14. The van der Waals surface area contributed by atoms with Gasteiger partial charge in [-0.25, -0.2) is 0 Å². The molecule has 0 aliphatic heterocycles. The van der Waals surface area contributed by atoms with E-state index in [-0.39, 0.29) is 0 Å². The van der Waals surface area contributed by atoms with Gasteiger partial charge in [-0.1, -0.05) is 52.2 Å². The molecule has 0 fully saturated rings. The SMILES string of the molecule is CCCCC(CC)Cn1ccc2ccc(CNCC)cc21. The van der Waals surface area contributed by atoms with Gasteiger partial charge in [0.2, 0.25) is 0 Å². The Morgan fingerprint density at radius 1 is 1.14 bits per heavy atom. The molecule has 21 heavy (non-hydrogen) atoms. The summed E-state index contributed by atoms with van der Waals surface area (Å²) in [6.45, 7) is 9.90. The van der Waals surface area contributed by atoms with Gasteiger partial charge in [-0.2, -0.15) is 0 Å². The Hall–Kier alpha value is -1.28. The number of benzene rings is 1. The predicted molar refractivity (Wildman–Crippen MR) is 92.6 cm³/mol. The van der Waals surface area contributed by atoms with Crippen LogP contribution in [-0.2, 0) is 13.1 Å². The predicted octanol–water partition coefficient (Wildman–Crippen LogP) is 4.97. The second-order valence-electron chi connectivity index (χ2n) is 6.06.